The fourth-order valence-corrected chi connectivity index (χ4v) is 5.24. The van der Waals surface area contributed by atoms with Gasteiger partial charge in [-0.2, -0.15) is 0 Å². The first-order valence-corrected chi connectivity index (χ1v) is 13.0. The van der Waals surface area contributed by atoms with Crippen LogP contribution in [0.1, 0.15) is 36.0 Å². The number of fused-ring (bicyclic) bond motifs is 1. The highest BCUT2D eigenvalue weighted by Gasteiger charge is 2.35. The minimum Gasteiger partial charge on any atom is -0.476 e. The van der Waals surface area contributed by atoms with Gasteiger partial charge in [-0.15, -0.1) is 0 Å². The summed E-state index contributed by atoms with van der Waals surface area (Å²) in [6.07, 6.45) is 4.06. The van der Waals surface area contributed by atoms with Gasteiger partial charge in [-0.05, 0) is 61.7 Å². The van der Waals surface area contributed by atoms with Crippen molar-refractivity contribution in [1.29, 1.82) is 0 Å². The second-order valence-electron chi connectivity index (χ2n) is 8.75. The molecule has 0 unspecified atom stereocenters. The Hall–Kier alpha value is -2.58. The summed E-state index contributed by atoms with van der Waals surface area (Å²) in [4.78, 5) is 15.3. The van der Waals surface area contributed by atoms with Crippen LogP contribution in [-0.4, -0.2) is 51.2 Å². The van der Waals surface area contributed by atoms with Crippen molar-refractivity contribution < 1.29 is 17.9 Å². The second kappa shape index (κ2) is 9.50. The van der Waals surface area contributed by atoms with Crippen LogP contribution in [0.15, 0.2) is 42.5 Å². The number of anilines is 1. The summed E-state index contributed by atoms with van der Waals surface area (Å²) in [7, 11) is -3.54. The van der Waals surface area contributed by atoms with E-state index in [4.69, 9.17) is 4.74 Å². The predicted octanol–water partition coefficient (Wildman–Crippen LogP) is 2.82. The minimum atomic E-state index is -3.54. The normalized spacial score (nSPS) is 19.2. The van der Waals surface area contributed by atoms with E-state index < -0.39 is 16.1 Å². The van der Waals surface area contributed by atoms with Crippen molar-refractivity contribution in [1.82, 2.24) is 10.2 Å². The van der Waals surface area contributed by atoms with Crippen LogP contribution < -0.4 is 14.4 Å². The van der Waals surface area contributed by atoms with Gasteiger partial charge in [0.1, 0.15) is 5.75 Å². The van der Waals surface area contributed by atoms with Gasteiger partial charge in [-0.3, -0.25) is 14.0 Å². The monoisotopic (exact) mass is 457 g/mol. The van der Waals surface area contributed by atoms with Crippen LogP contribution in [-0.2, 0) is 27.9 Å². The maximum Gasteiger partial charge on any atom is 0.263 e. The summed E-state index contributed by atoms with van der Waals surface area (Å²) in [5.74, 6) is 0.0811. The van der Waals surface area contributed by atoms with Crippen LogP contribution in [0.5, 0.6) is 5.75 Å². The molecule has 2 aliphatic heterocycles. The molecule has 8 heteroatoms. The van der Waals surface area contributed by atoms with E-state index in [1.165, 1.54) is 29.1 Å². The molecule has 4 rings (SSSR count). The number of ether oxygens (including phenoxy) is 1. The first kappa shape index (κ1) is 22.6. The molecular weight excluding hydrogens is 426 g/mol. The topological polar surface area (TPSA) is 79.0 Å². The predicted molar refractivity (Wildman–Crippen MR) is 125 cm³/mol. The fraction of sp³-hybridized carbons (Fsp3) is 0.458. The third-order valence-corrected chi connectivity index (χ3v) is 7.14. The number of nitrogens with zero attached hydrogens (tertiary/aromatic N) is 2. The molecule has 2 aliphatic rings. The van der Waals surface area contributed by atoms with E-state index in [0.717, 1.165) is 37.0 Å². The van der Waals surface area contributed by atoms with Crippen LogP contribution >= 0.6 is 0 Å². The van der Waals surface area contributed by atoms with Crippen molar-refractivity contribution in [3.8, 4) is 5.75 Å². The van der Waals surface area contributed by atoms with Crippen molar-refractivity contribution in [2.45, 2.75) is 45.4 Å². The van der Waals surface area contributed by atoms with Gasteiger partial charge >= 0.3 is 0 Å². The quantitative estimate of drug-likeness (QED) is 0.722. The highest BCUT2D eigenvalue weighted by atomic mass is 32.2. The van der Waals surface area contributed by atoms with Gasteiger partial charge in [0.05, 0.1) is 18.5 Å². The number of benzene rings is 2. The highest BCUT2D eigenvalue weighted by molar-refractivity contribution is 7.92. The molecule has 0 radical (unpaired) electrons. The zero-order chi connectivity index (χ0) is 22.7. The minimum absolute atomic E-state index is 0.0459. The third-order valence-electron chi connectivity index (χ3n) is 5.99. The molecule has 1 atom stereocenters. The van der Waals surface area contributed by atoms with Crippen molar-refractivity contribution in [3.63, 3.8) is 0 Å². The zero-order valence-corrected chi connectivity index (χ0v) is 19.5. The highest BCUT2D eigenvalue weighted by Crippen LogP contribution is 2.35. The first-order chi connectivity index (χ1) is 15.3. The first-order valence-electron chi connectivity index (χ1n) is 11.1. The molecule has 0 spiro atoms. The molecule has 1 fully saturated rings. The molecule has 32 heavy (non-hydrogen) atoms. The zero-order valence-electron chi connectivity index (χ0n) is 18.7. The van der Waals surface area contributed by atoms with E-state index in [0.29, 0.717) is 18.0 Å². The fourth-order valence-electron chi connectivity index (χ4n) is 4.33. The molecule has 0 aromatic heterocycles. The molecule has 2 aromatic carbocycles. The Labute approximate surface area is 190 Å². The Balaban J connectivity index is 1.41. The Kier molecular flexibility index (Phi) is 6.71. The maximum atomic E-state index is 12.9. The molecular formula is C24H31N3O4S. The average molecular weight is 458 g/mol. The van der Waals surface area contributed by atoms with Crippen LogP contribution in [0, 0.1) is 6.92 Å². The molecule has 1 N–H and O–H groups in total. The third kappa shape index (κ3) is 5.42. The lowest BCUT2D eigenvalue weighted by molar-refractivity contribution is -0.127. The largest absolute Gasteiger partial charge is 0.476 e. The Bertz CT molecular complexity index is 1080. The lowest BCUT2D eigenvalue weighted by Crippen LogP contribution is -2.50. The van der Waals surface area contributed by atoms with Crippen LogP contribution in [0.2, 0.25) is 0 Å². The molecule has 1 saturated heterocycles. The Morgan fingerprint density at radius 3 is 2.59 bits per heavy atom. The number of carbonyl (C=O) groups excluding carboxylic acids is 1. The molecule has 0 bridgehead atoms. The van der Waals surface area contributed by atoms with Crippen molar-refractivity contribution >= 4 is 21.6 Å². The van der Waals surface area contributed by atoms with Gasteiger partial charge in [0, 0.05) is 13.1 Å². The van der Waals surface area contributed by atoms with Crippen LogP contribution in [0.3, 0.4) is 0 Å². The summed E-state index contributed by atoms with van der Waals surface area (Å²) in [6, 6.07) is 13.6. The van der Waals surface area contributed by atoms with E-state index in [1.54, 1.807) is 12.1 Å². The molecule has 7 nitrogen and oxygen atoms in total. The van der Waals surface area contributed by atoms with Gasteiger partial charge in [-0.25, -0.2) is 8.42 Å². The summed E-state index contributed by atoms with van der Waals surface area (Å²) >= 11 is 0. The number of piperidine rings is 1. The van der Waals surface area contributed by atoms with E-state index in [9.17, 15) is 13.2 Å². The smallest absolute Gasteiger partial charge is 0.263 e. The second-order valence-corrected chi connectivity index (χ2v) is 10.7. The molecule has 0 aliphatic carbocycles. The van der Waals surface area contributed by atoms with Gasteiger partial charge in [-0.1, -0.05) is 36.8 Å². The van der Waals surface area contributed by atoms with Crippen molar-refractivity contribution in [2.24, 2.45) is 0 Å². The number of likely N-dealkylation sites (tertiary alicyclic amines) is 1. The van der Waals surface area contributed by atoms with Gasteiger partial charge in [0.2, 0.25) is 10.0 Å². The Morgan fingerprint density at radius 1 is 1.09 bits per heavy atom. The summed E-state index contributed by atoms with van der Waals surface area (Å²) < 4.78 is 31.8. The van der Waals surface area contributed by atoms with E-state index in [-0.39, 0.29) is 12.5 Å². The van der Waals surface area contributed by atoms with Crippen LogP contribution in [0.4, 0.5) is 5.69 Å². The van der Waals surface area contributed by atoms with Gasteiger partial charge in [0.25, 0.3) is 5.91 Å². The summed E-state index contributed by atoms with van der Waals surface area (Å²) in [6.45, 7) is 5.42. The molecule has 2 heterocycles. The SMILES string of the molecule is Cc1ccc2c(c1)O[C@@H](C(=O)NCc1cccc(CN3CCCCC3)c1)CN2S(C)(=O)=O. The number of sulfonamides is 1. The van der Waals surface area contributed by atoms with Gasteiger partial charge < -0.3 is 10.1 Å². The number of rotatable bonds is 6. The van der Waals surface area contributed by atoms with E-state index >= 15 is 0 Å². The molecule has 1 amide bonds. The maximum absolute atomic E-state index is 12.9. The number of amides is 1. The number of hydrogen-bond acceptors (Lipinski definition) is 5. The lowest BCUT2D eigenvalue weighted by atomic mass is 10.1. The number of aryl methyl sites for hydroxylation is 1. The number of nitrogens with one attached hydrogen (secondary N) is 1. The molecule has 172 valence electrons. The van der Waals surface area contributed by atoms with E-state index in [2.05, 4.69) is 22.3 Å². The average Bonchev–Trinajstić information content (AvgIpc) is 2.77. The summed E-state index contributed by atoms with van der Waals surface area (Å²) in [5, 5.41) is 2.92. The lowest BCUT2D eigenvalue weighted by Gasteiger charge is -2.34. The van der Waals surface area contributed by atoms with E-state index in [1.807, 2.05) is 25.1 Å². The standard InChI is InChI=1S/C24H31N3O4S/c1-18-9-10-21-22(13-18)31-23(17-27(21)32(2,29)30)24(28)25-15-19-7-6-8-20(14-19)16-26-11-4-3-5-12-26/h6-10,13-14,23H,3-5,11-12,15-17H2,1-2H3,(H,25,28)/t23-/m1/s1. The van der Waals surface area contributed by atoms with Crippen LogP contribution in [0.25, 0.3) is 0 Å². The summed E-state index contributed by atoms with van der Waals surface area (Å²) in [5.41, 5.74) is 3.65. The Morgan fingerprint density at radius 2 is 1.84 bits per heavy atom. The molecule has 0 saturated carbocycles. The van der Waals surface area contributed by atoms with Crippen molar-refractivity contribution in [2.75, 3.05) is 30.2 Å². The number of carbonyl (C=O) groups is 1. The number of hydrogen-bond donors (Lipinski definition) is 1. The van der Waals surface area contributed by atoms with Gasteiger partial charge in [0.15, 0.2) is 6.10 Å². The molecule has 2 aromatic rings. The van der Waals surface area contributed by atoms with Crippen molar-refractivity contribution in [3.05, 3.63) is 59.2 Å².